The van der Waals surface area contributed by atoms with Crippen molar-refractivity contribution in [2.45, 2.75) is 110 Å². The van der Waals surface area contributed by atoms with Gasteiger partial charge in [0.25, 0.3) is 5.56 Å². The molecule has 216 valence electrons. The Kier molecular flexibility index (Phi) is 16.8. The van der Waals surface area contributed by atoms with Crippen molar-refractivity contribution in [3.05, 3.63) is 32.9 Å². The van der Waals surface area contributed by atoms with Crippen molar-refractivity contribution < 1.29 is 18.8 Å². The summed E-state index contributed by atoms with van der Waals surface area (Å²) in [6.07, 6.45) is 14.6. The number of nitrogens with zero attached hydrogens (tertiary/aromatic N) is 2. The van der Waals surface area contributed by atoms with E-state index in [0.29, 0.717) is 23.6 Å². The average Bonchev–Trinajstić information content (AvgIpc) is 2.89. The van der Waals surface area contributed by atoms with Crippen LogP contribution in [-0.4, -0.2) is 45.4 Å². The van der Waals surface area contributed by atoms with Crippen molar-refractivity contribution in [3.8, 4) is 0 Å². The van der Waals surface area contributed by atoms with Gasteiger partial charge in [-0.3, -0.25) is 24.4 Å². The second-order valence-electron chi connectivity index (χ2n) is 9.90. The minimum atomic E-state index is -1.23. The van der Waals surface area contributed by atoms with Gasteiger partial charge < -0.3 is 5.32 Å². The lowest BCUT2D eigenvalue weighted by Crippen LogP contribution is -2.46. The summed E-state index contributed by atoms with van der Waals surface area (Å²) >= 11 is 0. The third kappa shape index (κ3) is 13.1. The van der Waals surface area contributed by atoms with Gasteiger partial charge in [-0.1, -0.05) is 78.1 Å². The topological polar surface area (TPSA) is 147 Å². The Morgan fingerprint density at radius 2 is 1.47 bits per heavy atom. The number of hydrogen-bond acceptors (Lipinski definition) is 6. The van der Waals surface area contributed by atoms with E-state index in [0.717, 1.165) is 88.5 Å². The molecule has 0 saturated carbocycles. The summed E-state index contributed by atoms with van der Waals surface area (Å²) in [5.74, 6) is 4.57. The van der Waals surface area contributed by atoms with Crippen molar-refractivity contribution in [2.24, 2.45) is 11.8 Å². The summed E-state index contributed by atoms with van der Waals surface area (Å²) in [6, 6.07) is -0.899. The Hall–Kier alpha value is -2.82. The lowest BCUT2D eigenvalue weighted by Gasteiger charge is -2.16. The zero-order chi connectivity index (χ0) is 28.3. The molecule has 0 fully saturated rings. The van der Waals surface area contributed by atoms with Crippen LogP contribution in [0.1, 0.15) is 110 Å². The molecule has 0 atom stereocenters. The molecule has 0 unspecified atom stereocenters. The molecule has 2 amide bonds. The van der Waals surface area contributed by atoms with Crippen LogP contribution in [0.25, 0.3) is 0 Å². The molecule has 0 aliphatic heterocycles. The summed E-state index contributed by atoms with van der Waals surface area (Å²) in [6.45, 7) is 4.49. The number of Topliss-reactive ketones (excluding diaryl/α,β-unsaturated/α-hetero) is 1. The number of ketones is 1. The lowest BCUT2D eigenvalue weighted by atomic mass is 9.97. The molecule has 1 rings (SSSR count). The third-order valence-corrected chi connectivity index (χ3v) is 6.56. The zero-order valence-electron chi connectivity index (χ0n) is 23.1. The van der Waals surface area contributed by atoms with E-state index in [-0.39, 0.29) is 30.7 Å². The molecule has 0 spiro atoms. The second-order valence-corrected chi connectivity index (χ2v) is 9.90. The van der Waals surface area contributed by atoms with E-state index in [1.165, 1.54) is 0 Å². The van der Waals surface area contributed by atoms with Gasteiger partial charge in [-0.15, -0.1) is 0 Å². The van der Waals surface area contributed by atoms with Gasteiger partial charge in [-0.2, -0.15) is 4.39 Å². The highest BCUT2D eigenvalue weighted by atomic mass is 19.1. The summed E-state index contributed by atoms with van der Waals surface area (Å²) in [4.78, 5) is 60.8. The number of unbranched alkanes of at least 4 members (excludes halogenated alkanes) is 9. The summed E-state index contributed by atoms with van der Waals surface area (Å²) < 4.78 is 13.8. The molecule has 1 aromatic heterocycles. The molecule has 4 N–H and O–H groups in total. The zero-order valence-corrected chi connectivity index (χ0v) is 23.1. The maximum absolute atomic E-state index is 13.3. The number of aromatic nitrogens is 2. The lowest BCUT2D eigenvalue weighted by molar-refractivity contribution is -0.128. The summed E-state index contributed by atoms with van der Waals surface area (Å²) in [7, 11) is 0. The van der Waals surface area contributed by atoms with Crippen LogP contribution in [0.5, 0.6) is 0 Å². The maximum atomic E-state index is 13.3. The first kappa shape index (κ1) is 33.2. The van der Waals surface area contributed by atoms with Crippen LogP contribution in [0, 0.1) is 11.7 Å². The van der Waals surface area contributed by atoms with Crippen molar-refractivity contribution in [3.63, 3.8) is 0 Å². The molecule has 1 aromatic rings. The van der Waals surface area contributed by atoms with E-state index in [4.69, 9.17) is 5.84 Å². The summed E-state index contributed by atoms with van der Waals surface area (Å²) in [5, 5.41) is 3.65. The molecule has 0 radical (unpaired) electrons. The minimum Gasteiger partial charge on any atom is -0.349 e. The van der Waals surface area contributed by atoms with Crippen LogP contribution in [0.15, 0.2) is 15.8 Å². The van der Waals surface area contributed by atoms with Crippen LogP contribution in [0.3, 0.4) is 0 Å². The number of carbonyl (C=O) groups is 3. The van der Waals surface area contributed by atoms with Gasteiger partial charge in [0.15, 0.2) is 5.78 Å². The molecule has 10 nitrogen and oxygen atoms in total. The highest BCUT2D eigenvalue weighted by molar-refractivity contribution is 5.86. The van der Waals surface area contributed by atoms with Crippen LogP contribution >= 0.6 is 0 Å². The molecule has 0 saturated heterocycles. The van der Waals surface area contributed by atoms with E-state index in [1.54, 1.807) is 4.98 Å². The van der Waals surface area contributed by atoms with Crippen LogP contribution < -0.4 is 22.4 Å². The number of hydrazine groups is 1. The third-order valence-electron chi connectivity index (χ3n) is 6.56. The fourth-order valence-electron chi connectivity index (χ4n) is 4.36. The number of hydrogen-bond donors (Lipinski definition) is 3. The van der Waals surface area contributed by atoms with E-state index < -0.39 is 23.1 Å². The molecular formula is C27H46FN5O5. The first-order valence-corrected chi connectivity index (χ1v) is 14.1. The smallest absolute Gasteiger partial charge is 0.346 e. The van der Waals surface area contributed by atoms with E-state index >= 15 is 0 Å². The standard InChI is InChI=1S/C27H46FN5O5/c1-3-15-21(16-4-2)24(35)30-19-22(34)17-13-11-9-7-5-6-8-10-12-14-18-33(29)27(38)32-20-23(28)25(36)31-26(32)37/h20-21H,3-19,29H2,1-2H3,(H,30,35)(H,31,36,37). The Morgan fingerprint density at radius 1 is 0.947 bits per heavy atom. The maximum Gasteiger partial charge on any atom is 0.346 e. The number of amides is 2. The van der Waals surface area contributed by atoms with Crippen molar-refractivity contribution in [1.29, 1.82) is 0 Å². The van der Waals surface area contributed by atoms with E-state index in [1.807, 2.05) is 0 Å². The SMILES string of the molecule is CCCC(CCC)C(=O)NCC(=O)CCCCCCCCCCCCN(N)C(=O)n1cc(F)c(=O)[nH]c1=O. The van der Waals surface area contributed by atoms with Crippen LogP contribution in [-0.2, 0) is 9.59 Å². The Bertz CT molecular complexity index is 971. The Labute approximate surface area is 224 Å². The Balaban J connectivity index is 2.02. The number of nitrogens with two attached hydrogens (primary N) is 1. The number of H-pyrrole nitrogens is 1. The van der Waals surface area contributed by atoms with Gasteiger partial charge in [-0.05, 0) is 25.7 Å². The normalized spacial score (nSPS) is 11.1. The molecule has 0 aromatic carbocycles. The molecule has 38 heavy (non-hydrogen) atoms. The number of aromatic amines is 1. The first-order chi connectivity index (χ1) is 18.2. The van der Waals surface area contributed by atoms with Gasteiger partial charge in [0, 0.05) is 18.9 Å². The largest absolute Gasteiger partial charge is 0.349 e. The van der Waals surface area contributed by atoms with Crippen molar-refractivity contribution in [2.75, 3.05) is 13.1 Å². The van der Waals surface area contributed by atoms with Crippen LogP contribution in [0.2, 0.25) is 0 Å². The van der Waals surface area contributed by atoms with E-state index in [2.05, 4.69) is 19.2 Å². The highest BCUT2D eigenvalue weighted by Crippen LogP contribution is 2.14. The van der Waals surface area contributed by atoms with Gasteiger partial charge in [-0.25, -0.2) is 20.0 Å². The average molecular weight is 540 g/mol. The molecule has 1 heterocycles. The Morgan fingerprint density at radius 3 is 2.03 bits per heavy atom. The van der Waals surface area contributed by atoms with Crippen molar-refractivity contribution in [1.82, 2.24) is 19.9 Å². The number of nitrogens with one attached hydrogen (secondary N) is 2. The fourth-order valence-corrected chi connectivity index (χ4v) is 4.36. The number of carbonyl (C=O) groups excluding carboxylic acids is 3. The van der Waals surface area contributed by atoms with Crippen LogP contribution in [0.4, 0.5) is 9.18 Å². The fraction of sp³-hybridized carbons (Fsp3) is 0.741. The molecule has 0 aliphatic rings. The molecule has 11 heteroatoms. The van der Waals surface area contributed by atoms with E-state index in [9.17, 15) is 28.4 Å². The predicted molar refractivity (Wildman–Crippen MR) is 145 cm³/mol. The van der Waals surface area contributed by atoms with Gasteiger partial charge >= 0.3 is 11.7 Å². The highest BCUT2D eigenvalue weighted by Gasteiger charge is 2.17. The summed E-state index contributed by atoms with van der Waals surface area (Å²) in [5.41, 5.74) is -2.21. The molecule has 0 aliphatic carbocycles. The molecule has 0 bridgehead atoms. The quantitative estimate of drug-likeness (QED) is 0.0987. The van der Waals surface area contributed by atoms with Gasteiger partial charge in [0.05, 0.1) is 12.7 Å². The van der Waals surface area contributed by atoms with Crippen molar-refractivity contribution >= 4 is 17.7 Å². The van der Waals surface area contributed by atoms with Gasteiger partial charge in [0.1, 0.15) is 0 Å². The molecular weight excluding hydrogens is 493 g/mol. The minimum absolute atomic E-state index is 0.00948. The monoisotopic (exact) mass is 539 g/mol. The van der Waals surface area contributed by atoms with Gasteiger partial charge in [0.2, 0.25) is 11.7 Å². The second kappa shape index (κ2) is 19.3. The number of halogens is 1. The number of rotatable bonds is 20. The predicted octanol–water partition coefficient (Wildman–Crippen LogP) is 4.01. The first-order valence-electron chi connectivity index (χ1n) is 14.1.